The average molecular weight is 302 g/mol. The molecular weight excluding hydrogens is 280 g/mol. The fourth-order valence-electron chi connectivity index (χ4n) is 1.90. The zero-order valence-corrected chi connectivity index (χ0v) is 13.3. The van der Waals surface area contributed by atoms with Gasteiger partial charge in [0.05, 0.1) is 7.11 Å². The topological polar surface area (TPSA) is 66.8 Å². The number of carbonyl (C=O) groups is 1. The third-order valence-corrected chi connectivity index (χ3v) is 3.12. The van der Waals surface area contributed by atoms with E-state index in [1.165, 1.54) is 19.2 Å². The van der Waals surface area contributed by atoms with Crippen LogP contribution in [-0.2, 0) is 4.74 Å². The Labute approximate surface area is 131 Å². The number of methoxy groups -OCH3 is 1. The van der Waals surface area contributed by atoms with Crippen molar-refractivity contribution in [2.75, 3.05) is 7.11 Å². The number of phenolic OH excluding ortho intramolecular Hbond substituents is 2. The van der Waals surface area contributed by atoms with Crippen LogP contribution < -0.4 is 0 Å². The molecule has 0 bridgehead atoms. The summed E-state index contributed by atoms with van der Waals surface area (Å²) in [5.74, 6) is 0.234. The van der Waals surface area contributed by atoms with Gasteiger partial charge in [-0.25, -0.2) is 4.79 Å². The van der Waals surface area contributed by atoms with Crippen molar-refractivity contribution in [3.05, 3.63) is 59.2 Å². The molecule has 0 aliphatic carbocycles. The molecule has 2 rings (SSSR count). The van der Waals surface area contributed by atoms with Crippen molar-refractivity contribution in [2.45, 2.75) is 26.7 Å². The number of ether oxygens (including phenoxy) is 1. The molecule has 22 heavy (non-hydrogen) atoms. The Balaban J connectivity index is 0.000000220. The highest BCUT2D eigenvalue weighted by Crippen LogP contribution is 2.25. The summed E-state index contributed by atoms with van der Waals surface area (Å²) >= 11 is 0. The van der Waals surface area contributed by atoms with Gasteiger partial charge in [0, 0.05) is 0 Å². The largest absolute Gasteiger partial charge is 0.508 e. The predicted octanol–water partition coefficient (Wildman–Crippen LogP) is 4.00. The molecule has 4 nitrogen and oxygen atoms in total. The van der Waals surface area contributed by atoms with Crippen LogP contribution in [0.1, 0.15) is 41.3 Å². The molecule has 0 radical (unpaired) electrons. The number of carbonyl (C=O) groups excluding carboxylic acids is 1. The Hall–Kier alpha value is -2.49. The first-order valence-corrected chi connectivity index (χ1v) is 7.02. The van der Waals surface area contributed by atoms with Gasteiger partial charge in [-0.15, -0.1) is 0 Å². The fourth-order valence-corrected chi connectivity index (χ4v) is 1.90. The van der Waals surface area contributed by atoms with Crippen LogP contribution in [0.15, 0.2) is 42.5 Å². The van der Waals surface area contributed by atoms with Gasteiger partial charge in [-0.3, -0.25) is 0 Å². The van der Waals surface area contributed by atoms with Crippen molar-refractivity contribution in [3.8, 4) is 11.5 Å². The zero-order valence-electron chi connectivity index (χ0n) is 13.3. The molecule has 4 heteroatoms. The van der Waals surface area contributed by atoms with Gasteiger partial charge in [-0.05, 0) is 42.2 Å². The van der Waals surface area contributed by atoms with Crippen molar-refractivity contribution in [1.82, 2.24) is 0 Å². The van der Waals surface area contributed by atoms with Crippen LogP contribution in [0.2, 0.25) is 0 Å². The van der Waals surface area contributed by atoms with E-state index in [-0.39, 0.29) is 11.3 Å². The van der Waals surface area contributed by atoms with E-state index >= 15 is 0 Å². The molecule has 2 aromatic carbocycles. The summed E-state index contributed by atoms with van der Waals surface area (Å²) in [6.07, 6.45) is 0. The monoisotopic (exact) mass is 302 g/mol. The van der Waals surface area contributed by atoms with Crippen molar-refractivity contribution in [1.29, 1.82) is 0 Å². The van der Waals surface area contributed by atoms with Crippen molar-refractivity contribution in [3.63, 3.8) is 0 Å². The zero-order chi connectivity index (χ0) is 16.7. The van der Waals surface area contributed by atoms with E-state index in [9.17, 15) is 9.90 Å². The maximum atomic E-state index is 10.9. The molecule has 118 valence electrons. The van der Waals surface area contributed by atoms with E-state index in [2.05, 4.69) is 18.6 Å². The average Bonchev–Trinajstić information content (AvgIpc) is 2.47. The van der Waals surface area contributed by atoms with Crippen molar-refractivity contribution >= 4 is 5.97 Å². The van der Waals surface area contributed by atoms with Crippen molar-refractivity contribution < 1.29 is 19.7 Å². The second-order valence-electron chi connectivity index (χ2n) is 5.23. The van der Waals surface area contributed by atoms with E-state index in [1.807, 2.05) is 19.1 Å². The molecule has 0 fully saturated rings. The SMILES string of the molecule is COC(=O)c1ccccc1O.Cc1ccc(C(C)C)c(O)c1. The molecule has 0 unspecified atom stereocenters. The molecule has 2 N–H and O–H groups in total. The third-order valence-electron chi connectivity index (χ3n) is 3.12. The van der Waals surface area contributed by atoms with Crippen LogP contribution >= 0.6 is 0 Å². The molecule has 0 aliphatic heterocycles. The summed E-state index contributed by atoms with van der Waals surface area (Å²) in [5, 5.41) is 18.6. The molecule has 2 aromatic rings. The lowest BCUT2D eigenvalue weighted by atomic mass is 10.0. The van der Waals surface area contributed by atoms with Gasteiger partial charge >= 0.3 is 5.97 Å². The van der Waals surface area contributed by atoms with E-state index < -0.39 is 5.97 Å². The lowest BCUT2D eigenvalue weighted by molar-refractivity contribution is 0.0597. The number of hydrogen-bond donors (Lipinski definition) is 2. The van der Waals surface area contributed by atoms with E-state index in [1.54, 1.807) is 18.2 Å². The minimum absolute atomic E-state index is 0.0562. The number of para-hydroxylation sites is 1. The lowest BCUT2D eigenvalue weighted by Gasteiger charge is -2.07. The Morgan fingerprint density at radius 1 is 1.05 bits per heavy atom. The Morgan fingerprint density at radius 2 is 1.68 bits per heavy atom. The number of phenols is 2. The second-order valence-corrected chi connectivity index (χ2v) is 5.23. The maximum Gasteiger partial charge on any atom is 0.341 e. The highest BCUT2D eigenvalue weighted by atomic mass is 16.5. The molecule has 0 saturated heterocycles. The van der Waals surface area contributed by atoms with Gasteiger partial charge in [0.1, 0.15) is 17.1 Å². The minimum atomic E-state index is -0.525. The molecule has 0 aliphatic rings. The molecule has 0 atom stereocenters. The second kappa shape index (κ2) is 8.08. The minimum Gasteiger partial charge on any atom is -0.508 e. The maximum absolute atomic E-state index is 10.9. The Bertz CT molecular complexity index is 633. The third kappa shape index (κ3) is 4.81. The van der Waals surface area contributed by atoms with Crippen LogP contribution in [0.25, 0.3) is 0 Å². The van der Waals surface area contributed by atoms with Crippen molar-refractivity contribution in [2.24, 2.45) is 0 Å². The number of aromatic hydroxyl groups is 2. The first-order chi connectivity index (χ1) is 10.4. The molecule has 0 saturated carbocycles. The standard InChI is InChI=1S/C10H14O.C8H8O3/c1-7(2)9-5-4-8(3)6-10(9)11;1-11-8(10)6-4-2-3-5-7(6)9/h4-7,11H,1-3H3;2-5,9H,1H3. The number of aryl methyl sites for hydroxylation is 1. The van der Waals surface area contributed by atoms with Gasteiger partial charge in [-0.1, -0.05) is 38.1 Å². The van der Waals surface area contributed by atoms with Crippen LogP contribution in [-0.4, -0.2) is 23.3 Å². The first kappa shape index (κ1) is 17.6. The van der Waals surface area contributed by atoms with E-state index in [0.29, 0.717) is 11.7 Å². The smallest absolute Gasteiger partial charge is 0.341 e. The van der Waals surface area contributed by atoms with Crippen LogP contribution in [0.4, 0.5) is 0 Å². The summed E-state index contributed by atoms with van der Waals surface area (Å²) < 4.78 is 4.42. The predicted molar refractivity (Wildman–Crippen MR) is 86.4 cm³/mol. The fraction of sp³-hybridized carbons (Fsp3) is 0.278. The summed E-state index contributed by atoms with van der Waals surface area (Å²) in [4.78, 5) is 10.9. The summed E-state index contributed by atoms with van der Waals surface area (Å²) in [5.41, 5.74) is 2.32. The Morgan fingerprint density at radius 3 is 2.18 bits per heavy atom. The first-order valence-electron chi connectivity index (χ1n) is 7.02. The number of rotatable bonds is 2. The summed E-state index contributed by atoms with van der Waals surface area (Å²) in [6, 6.07) is 12.0. The number of hydrogen-bond acceptors (Lipinski definition) is 4. The van der Waals surface area contributed by atoms with Gasteiger partial charge in [0.25, 0.3) is 0 Å². The molecule has 0 spiro atoms. The van der Waals surface area contributed by atoms with Gasteiger partial charge < -0.3 is 14.9 Å². The van der Waals surface area contributed by atoms with Gasteiger partial charge in [-0.2, -0.15) is 0 Å². The number of esters is 1. The van der Waals surface area contributed by atoms with E-state index in [4.69, 9.17) is 5.11 Å². The molecular formula is C18H22O4. The lowest BCUT2D eigenvalue weighted by Crippen LogP contribution is -2.00. The highest BCUT2D eigenvalue weighted by Gasteiger charge is 2.08. The van der Waals surface area contributed by atoms with Crippen LogP contribution in [0, 0.1) is 6.92 Å². The number of benzene rings is 2. The molecule has 0 aromatic heterocycles. The van der Waals surface area contributed by atoms with E-state index in [0.717, 1.165) is 11.1 Å². The summed E-state index contributed by atoms with van der Waals surface area (Å²) in [6.45, 7) is 6.12. The van der Waals surface area contributed by atoms with Gasteiger partial charge in [0.2, 0.25) is 0 Å². The highest BCUT2D eigenvalue weighted by molar-refractivity contribution is 5.92. The molecule has 0 amide bonds. The Kier molecular flexibility index (Phi) is 6.45. The molecule has 0 heterocycles. The van der Waals surface area contributed by atoms with Gasteiger partial charge in [0.15, 0.2) is 0 Å². The van der Waals surface area contributed by atoms with Crippen LogP contribution in [0.5, 0.6) is 11.5 Å². The van der Waals surface area contributed by atoms with Crippen LogP contribution in [0.3, 0.4) is 0 Å². The normalized spacial score (nSPS) is 9.86. The summed E-state index contributed by atoms with van der Waals surface area (Å²) in [7, 11) is 1.27. The quantitative estimate of drug-likeness (QED) is 0.823.